The first-order chi connectivity index (χ1) is 13.3. The van der Waals surface area contributed by atoms with E-state index in [9.17, 15) is 0 Å². The Morgan fingerprint density at radius 1 is 1.15 bits per heavy atom. The first-order valence-electron chi connectivity index (χ1n) is 10.5. The van der Waals surface area contributed by atoms with Gasteiger partial charge in [-0.1, -0.05) is 36.8 Å². The lowest BCUT2D eigenvalue weighted by Crippen LogP contribution is -2.48. The van der Waals surface area contributed by atoms with Gasteiger partial charge in [0.15, 0.2) is 5.96 Å². The maximum Gasteiger partial charge on any atom is 0.191 e. The van der Waals surface area contributed by atoms with E-state index in [1.54, 1.807) is 7.11 Å². The molecule has 2 fully saturated rings. The molecule has 1 saturated heterocycles. The number of nitrogens with zero attached hydrogens (tertiary/aromatic N) is 2. The summed E-state index contributed by atoms with van der Waals surface area (Å²) in [5, 5.41) is 7.17. The summed E-state index contributed by atoms with van der Waals surface area (Å²) < 4.78 is 5.31. The highest BCUT2D eigenvalue weighted by atomic mass is 16.5. The van der Waals surface area contributed by atoms with Crippen molar-refractivity contribution in [2.24, 2.45) is 10.4 Å². The summed E-state index contributed by atoms with van der Waals surface area (Å²) in [6, 6.07) is 11.3. The highest BCUT2D eigenvalue weighted by Gasteiger charge is 2.36. The number of benzene rings is 1. The molecule has 1 aromatic rings. The largest absolute Gasteiger partial charge is 0.385 e. The van der Waals surface area contributed by atoms with Gasteiger partial charge in [0, 0.05) is 33.9 Å². The fraction of sp³-hybridized carbons (Fsp3) is 0.682. The normalized spacial score (nSPS) is 20.9. The quantitative estimate of drug-likeness (QED) is 0.516. The summed E-state index contributed by atoms with van der Waals surface area (Å²) in [6.07, 6.45) is 7.66. The third-order valence-electron chi connectivity index (χ3n) is 6.33. The van der Waals surface area contributed by atoms with Gasteiger partial charge in [0.2, 0.25) is 0 Å². The number of methoxy groups -OCH3 is 1. The molecule has 1 atom stereocenters. The van der Waals surface area contributed by atoms with Crippen molar-refractivity contribution in [1.82, 2.24) is 15.5 Å². The maximum atomic E-state index is 5.31. The molecule has 0 bridgehead atoms. The predicted molar refractivity (Wildman–Crippen MR) is 112 cm³/mol. The summed E-state index contributed by atoms with van der Waals surface area (Å²) in [6.45, 7) is 5.09. The monoisotopic (exact) mass is 372 g/mol. The van der Waals surface area contributed by atoms with E-state index in [0.717, 1.165) is 32.1 Å². The minimum atomic E-state index is 0.390. The average Bonchev–Trinajstić information content (AvgIpc) is 3.20. The molecule has 150 valence electrons. The average molecular weight is 373 g/mol. The number of likely N-dealkylation sites (tertiary alicyclic amines) is 1. The molecule has 1 aromatic carbocycles. The molecule has 2 N–H and O–H groups in total. The van der Waals surface area contributed by atoms with Gasteiger partial charge >= 0.3 is 0 Å². The second kappa shape index (κ2) is 10.1. The Kier molecular flexibility index (Phi) is 7.53. The molecule has 1 heterocycles. The van der Waals surface area contributed by atoms with Gasteiger partial charge in [-0.2, -0.15) is 0 Å². The Morgan fingerprint density at radius 3 is 2.48 bits per heavy atom. The zero-order chi connectivity index (χ0) is 19.0. The van der Waals surface area contributed by atoms with Crippen LogP contribution in [0.25, 0.3) is 0 Å². The Morgan fingerprint density at radius 2 is 1.89 bits per heavy atom. The molecule has 0 aromatic heterocycles. The van der Waals surface area contributed by atoms with Crippen LogP contribution >= 0.6 is 0 Å². The van der Waals surface area contributed by atoms with Crippen molar-refractivity contribution in [3.63, 3.8) is 0 Å². The first-order valence-corrected chi connectivity index (χ1v) is 10.5. The third kappa shape index (κ3) is 5.45. The Labute approximate surface area is 164 Å². The topological polar surface area (TPSA) is 48.9 Å². The molecule has 3 rings (SSSR count). The zero-order valence-corrected chi connectivity index (χ0v) is 17.0. The zero-order valence-electron chi connectivity index (χ0n) is 17.0. The molecule has 0 amide bonds. The van der Waals surface area contributed by atoms with Crippen LogP contribution in [0.5, 0.6) is 0 Å². The van der Waals surface area contributed by atoms with Crippen LogP contribution in [0.4, 0.5) is 0 Å². The number of guanidine groups is 1. The smallest absolute Gasteiger partial charge is 0.191 e. The lowest BCUT2D eigenvalue weighted by Gasteiger charge is -2.42. The molecule has 27 heavy (non-hydrogen) atoms. The van der Waals surface area contributed by atoms with E-state index < -0.39 is 0 Å². The van der Waals surface area contributed by atoms with Crippen molar-refractivity contribution in [3.8, 4) is 0 Å². The highest BCUT2D eigenvalue weighted by Crippen LogP contribution is 2.43. The molecular formula is C22H36N4O. The van der Waals surface area contributed by atoms with Gasteiger partial charge in [0.25, 0.3) is 0 Å². The number of hydrogen-bond acceptors (Lipinski definition) is 3. The predicted octanol–water partition coefficient (Wildman–Crippen LogP) is 3.20. The second-order valence-electron chi connectivity index (χ2n) is 8.07. The van der Waals surface area contributed by atoms with Crippen molar-refractivity contribution >= 4 is 5.96 Å². The number of ether oxygens (including phenoxy) is 1. The summed E-state index contributed by atoms with van der Waals surface area (Å²) in [5.74, 6) is 0.916. The molecule has 2 aliphatic rings. The van der Waals surface area contributed by atoms with Crippen molar-refractivity contribution in [2.75, 3.05) is 46.9 Å². The fourth-order valence-electron chi connectivity index (χ4n) is 4.38. The molecule has 1 aliphatic heterocycles. The summed E-state index contributed by atoms with van der Waals surface area (Å²) >= 11 is 0. The molecule has 0 radical (unpaired) electrons. The van der Waals surface area contributed by atoms with Crippen molar-refractivity contribution in [1.29, 1.82) is 0 Å². The molecule has 5 heteroatoms. The summed E-state index contributed by atoms with van der Waals surface area (Å²) in [4.78, 5) is 7.07. The van der Waals surface area contributed by atoms with Crippen LogP contribution in [-0.2, 0) is 4.74 Å². The van der Waals surface area contributed by atoms with E-state index in [1.165, 1.54) is 50.8 Å². The van der Waals surface area contributed by atoms with Gasteiger partial charge in [-0.3, -0.25) is 9.89 Å². The highest BCUT2D eigenvalue weighted by molar-refractivity contribution is 5.79. The van der Waals surface area contributed by atoms with Crippen LogP contribution < -0.4 is 10.6 Å². The van der Waals surface area contributed by atoms with Gasteiger partial charge in [-0.25, -0.2) is 0 Å². The Bertz CT molecular complexity index is 579. The van der Waals surface area contributed by atoms with Crippen LogP contribution in [0.1, 0.15) is 50.1 Å². The minimum Gasteiger partial charge on any atom is -0.385 e. The molecule has 5 nitrogen and oxygen atoms in total. The van der Waals surface area contributed by atoms with E-state index in [4.69, 9.17) is 4.74 Å². The van der Waals surface area contributed by atoms with Crippen LogP contribution in [0.2, 0.25) is 0 Å². The van der Waals surface area contributed by atoms with Crippen LogP contribution in [-0.4, -0.2) is 57.8 Å². The first kappa shape index (κ1) is 20.2. The minimum absolute atomic E-state index is 0.390. The van der Waals surface area contributed by atoms with Gasteiger partial charge in [-0.05, 0) is 56.2 Å². The number of aliphatic imine (C=N–C) groups is 1. The molecule has 0 spiro atoms. The van der Waals surface area contributed by atoms with Gasteiger partial charge in [-0.15, -0.1) is 0 Å². The van der Waals surface area contributed by atoms with Crippen LogP contribution in [0.3, 0.4) is 0 Å². The molecule has 1 unspecified atom stereocenters. The van der Waals surface area contributed by atoms with Crippen LogP contribution in [0.15, 0.2) is 35.3 Å². The Hall–Kier alpha value is -1.59. The summed E-state index contributed by atoms with van der Waals surface area (Å²) in [5.41, 5.74) is 1.78. The number of hydrogen-bond donors (Lipinski definition) is 2. The SMILES string of the molecule is CN=C(NCC(c1ccccc1)N1CCCC1)NCC1(CCOC)CCC1. The van der Waals surface area contributed by atoms with Crippen LogP contribution in [0, 0.1) is 5.41 Å². The van der Waals surface area contributed by atoms with Crippen molar-refractivity contribution < 1.29 is 4.74 Å². The molecule has 1 aliphatic carbocycles. The van der Waals surface area contributed by atoms with E-state index in [2.05, 4.69) is 50.9 Å². The molecule has 1 saturated carbocycles. The van der Waals surface area contributed by atoms with Gasteiger partial charge in [0.05, 0.1) is 6.04 Å². The van der Waals surface area contributed by atoms with E-state index in [0.29, 0.717) is 11.5 Å². The number of nitrogens with one attached hydrogen (secondary N) is 2. The number of rotatable bonds is 9. The van der Waals surface area contributed by atoms with Crippen molar-refractivity contribution in [3.05, 3.63) is 35.9 Å². The van der Waals surface area contributed by atoms with Gasteiger partial charge < -0.3 is 15.4 Å². The maximum absolute atomic E-state index is 5.31. The summed E-state index contributed by atoms with van der Waals surface area (Å²) in [7, 11) is 3.66. The molecular weight excluding hydrogens is 336 g/mol. The van der Waals surface area contributed by atoms with Crippen molar-refractivity contribution in [2.45, 2.75) is 44.6 Å². The standard InChI is InChI=1S/C22H36N4O/c1-23-21(25-18-22(11-8-12-22)13-16-27-2)24-17-20(26-14-6-7-15-26)19-9-4-3-5-10-19/h3-5,9-10,20H,6-8,11-18H2,1-2H3,(H2,23,24,25). The second-order valence-corrected chi connectivity index (χ2v) is 8.07. The Balaban J connectivity index is 1.55. The van der Waals surface area contributed by atoms with Gasteiger partial charge in [0.1, 0.15) is 0 Å². The fourth-order valence-corrected chi connectivity index (χ4v) is 4.38. The van der Waals surface area contributed by atoms with E-state index in [-0.39, 0.29) is 0 Å². The lowest BCUT2D eigenvalue weighted by atomic mass is 9.67. The lowest BCUT2D eigenvalue weighted by molar-refractivity contribution is 0.0732. The van der Waals surface area contributed by atoms with E-state index in [1.807, 2.05) is 7.05 Å². The third-order valence-corrected chi connectivity index (χ3v) is 6.33. The van der Waals surface area contributed by atoms with E-state index >= 15 is 0 Å².